The zero-order valence-corrected chi connectivity index (χ0v) is 9.28. The summed E-state index contributed by atoms with van der Waals surface area (Å²) < 4.78 is 0. The van der Waals surface area contributed by atoms with Crippen molar-refractivity contribution < 1.29 is 20.1 Å². The number of carboxylic acids is 1. The molecule has 0 saturated carbocycles. The molecule has 0 unspecified atom stereocenters. The molecule has 17 heavy (non-hydrogen) atoms. The van der Waals surface area contributed by atoms with Gasteiger partial charge in [0.15, 0.2) is 0 Å². The molecule has 92 valence electrons. The van der Waals surface area contributed by atoms with Crippen LogP contribution >= 0.6 is 0 Å². The van der Waals surface area contributed by atoms with Crippen LogP contribution in [0.5, 0.6) is 0 Å². The van der Waals surface area contributed by atoms with Gasteiger partial charge in [-0.25, -0.2) is 4.79 Å². The monoisotopic (exact) mass is 237 g/mol. The molecular formula is C12H15NO4. The largest absolute Gasteiger partial charge is 0.478 e. The number of β-amino-alcohol motifs (C(OH)–C–C–N with tert-alkyl or cyclic N) is 1. The summed E-state index contributed by atoms with van der Waals surface area (Å²) in [5, 5.41) is 27.7. The highest BCUT2D eigenvalue weighted by Crippen LogP contribution is 2.20. The molecule has 5 heteroatoms. The number of aromatic carboxylic acids is 1. The third-order valence-electron chi connectivity index (χ3n) is 3.03. The van der Waals surface area contributed by atoms with Crippen LogP contribution < -0.4 is 4.90 Å². The van der Waals surface area contributed by atoms with Crippen molar-refractivity contribution in [2.24, 2.45) is 0 Å². The molecule has 1 aliphatic heterocycles. The van der Waals surface area contributed by atoms with Crippen LogP contribution in [0.2, 0.25) is 0 Å². The average molecular weight is 237 g/mol. The standard InChI is InChI=1S/C12H15NO4/c14-10-5-6-13(7-11(10)15)9-3-1-8(2-4-9)12(16)17/h1-4,10-11,14-15H,5-7H2,(H,16,17)/t10-,11+/m1/s1. The van der Waals surface area contributed by atoms with E-state index >= 15 is 0 Å². The fourth-order valence-electron chi connectivity index (χ4n) is 1.97. The lowest BCUT2D eigenvalue weighted by atomic mass is 10.0. The van der Waals surface area contributed by atoms with Gasteiger partial charge in [0.25, 0.3) is 0 Å². The van der Waals surface area contributed by atoms with Crippen molar-refractivity contribution in [2.45, 2.75) is 18.6 Å². The van der Waals surface area contributed by atoms with E-state index in [1.807, 2.05) is 4.90 Å². The lowest BCUT2D eigenvalue weighted by molar-refractivity contribution is 0.00802. The number of nitrogens with zero attached hydrogens (tertiary/aromatic N) is 1. The van der Waals surface area contributed by atoms with Crippen molar-refractivity contribution in [1.29, 1.82) is 0 Å². The number of aliphatic hydroxyl groups is 2. The lowest BCUT2D eigenvalue weighted by Crippen LogP contribution is -2.46. The van der Waals surface area contributed by atoms with E-state index in [0.29, 0.717) is 19.5 Å². The SMILES string of the molecule is O=C(O)c1ccc(N2CC[C@@H](O)[C@@H](O)C2)cc1. The van der Waals surface area contributed by atoms with E-state index in [4.69, 9.17) is 5.11 Å². The second kappa shape index (κ2) is 4.73. The second-order valence-corrected chi connectivity index (χ2v) is 4.22. The van der Waals surface area contributed by atoms with Crippen LogP contribution in [0.1, 0.15) is 16.8 Å². The van der Waals surface area contributed by atoms with Gasteiger partial charge < -0.3 is 20.2 Å². The number of rotatable bonds is 2. The Kier molecular flexibility index (Phi) is 3.31. The van der Waals surface area contributed by atoms with Gasteiger partial charge in [0.2, 0.25) is 0 Å². The first-order valence-electron chi connectivity index (χ1n) is 5.52. The van der Waals surface area contributed by atoms with Crippen molar-refractivity contribution in [3.63, 3.8) is 0 Å². The summed E-state index contributed by atoms with van der Waals surface area (Å²) in [7, 11) is 0. The van der Waals surface area contributed by atoms with Gasteiger partial charge in [0.1, 0.15) is 0 Å². The second-order valence-electron chi connectivity index (χ2n) is 4.22. The van der Waals surface area contributed by atoms with Crippen molar-refractivity contribution in [1.82, 2.24) is 0 Å². The highest BCUT2D eigenvalue weighted by molar-refractivity contribution is 5.88. The van der Waals surface area contributed by atoms with E-state index in [1.54, 1.807) is 12.1 Å². The van der Waals surface area contributed by atoms with Crippen LogP contribution in [0.25, 0.3) is 0 Å². The van der Waals surface area contributed by atoms with E-state index in [9.17, 15) is 15.0 Å². The molecule has 1 aromatic rings. The summed E-state index contributed by atoms with van der Waals surface area (Å²) in [5.41, 5.74) is 1.10. The van der Waals surface area contributed by atoms with Crippen LogP contribution in [0.3, 0.4) is 0 Å². The number of hydrogen-bond acceptors (Lipinski definition) is 4. The maximum absolute atomic E-state index is 10.7. The molecule has 0 spiro atoms. The number of anilines is 1. The molecule has 2 rings (SSSR count). The molecule has 0 radical (unpaired) electrons. The maximum Gasteiger partial charge on any atom is 0.335 e. The normalized spacial score (nSPS) is 24.7. The number of benzene rings is 1. The minimum absolute atomic E-state index is 0.242. The number of piperidine rings is 1. The molecule has 1 aromatic carbocycles. The third-order valence-corrected chi connectivity index (χ3v) is 3.03. The molecule has 1 aliphatic rings. The molecule has 3 N–H and O–H groups in total. The molecule has 5 nitrogen and oxygen atoms in total. The maximum atomic E-state index is 10.7. The number of hydrogen-bond donors (Lipinski definition) is 3. The Morgan fingerprint density at radius 2 is 1.82 bits per heavy atom. The van der Waals surface area contributed by atoms with Gasteiger partial charge in [-0.1, -0.05) is 0 Å². The Hall–Kier alpha value is -1.59. The van der Waals surface area contributed by atoms with E-state index in [2.05, 4.69) is 0 Å². The fraction of sp³-hybridized carbons (Fsp3) is 0.417. The van der Waals surface area contributed by atoms with E-state index < -0.39 is 18.2 Å². The van der Waals surface area contributed by atoms with E-state index in [0.717, 1.165) is 5.69 Å². The topological polar surface area (TPSA) is 81.0 Å². The van der Waals surface area contributed by atoms with E-state index in [-0.39, 0.29) is 5.56 Å². The Balaban J connectivity index is 2.10. The van der Waals surface area contributed by atoms with Gasteiger partial charge in [-0.15, -0.1) is 0 Å². The quantitative estimate of drug-likeness (QED) is 0.690. The van der Waals surface area contributed by atoms with Gasteiger partial charge in [-0.3, -0.25) is 0 Å². The molecule has 1 fully saturated rings. The summed E-state index contributed by atoms with van der Waals surface area (Å²) in [4.78, 5) is 12.6. The van der Waals surface area contributed by atoms with Crippen molar-refractivity contribution >= 4 is 11.7 Å². The summed E-state index contributed by atoms with van der Waals surface area (Å²) in [5.74, 6) is -0.953. The summed E-state index contributed by atoms with van der Waals surface area (Å²) in [6.07, 6.45) is -0.894. The van der Waals surface area contributed by atoms with Gasteiger partial charge >= 0.3 is 5.97 Å². The minimum atomic E-state index is -0.953. The summed E-state index contributed by atoms with van der Waals surface area (Å²) >= 11 is 0. The summed E-state index contributed by atoms with van der Waals surface area (Å²) in [6, 6.07) is 6.51. The zero-order valence-electron chi connectivity index (χ0n) is 9.28. The first kappa shape index (κ1) is 11.9. The van der Waals surface area contributed by atoms with Crippen LogP contribution in [0.4, 0.5) is 5.69 Å². The van der Waals surface area contributed by atoms with Gasteiger partial charge in [0.05, 0.1) is 17.8 Å². The molecule has 0 amide bonds. The Morgan fingerprint density at radius 1 is 1.18 bits per heavy atom. The Labute approximate surface area is 98.9 Å². The van der Waals surface area contributed by atoms with Gasteiger partial charge in [-0.2, -0.15) is 0 Å². The highest BCUT2D eigenvalue weighted by atomic mass is 16.4. The highest BCUT2D eigenvalue weighted by Gasteiger charge is 2.25. The number of aliphatic hydroxyl groups excluding tert-OH is 2. The number of carbonyl (C=O) groups is 1. The van der Waals surface area contributed by atoms with Crippen LogP contribution in [0, 0.1) is 0 Å². The lowest BCUT2D eigenvalue weighted by Gasteiger charge is -2.35. The average Bonchev–Trinajstić information content (AvgIpc) is 2.33. The zero-order chi connectivity index (χ0) is 12.4. The third kappa shape index (κ3) is 2.57. The predicted molar refractivity (Wildman–Crippen MR) is 62.2 cm³/mol. The van der Waals surface area contributed by atoms with Crippen molar-refractivity contribution in [2.75, 3.05) is 18.0 Å². The molecule has 0 bridgehead atoms. The first-order chi connectivity index (χ1) is 8.08. The Bertz CT molecular complexity index is 403. The first-order valence-corrected chi connectivity index (χ1v) is 5.52. The number of carboxylic acid groups (broad SMARTS) is 1. The molecule has 1 heterocycles. The minimum Gasteiger partial charge on any atom is -0.478 e. The summed E-state index contributed by atoms with van der Waals surface area (Å²) in [6.45, 7) is 1.03. The van der Waals surface area contributed by atoms with Crippen LogP contribution in [-0.2, 0) is 0 Å². The molecule has 0 aromatic heterocycles. The molecule has 1 saturated heterocycles. The van der Waals surface area contributed by atoms with Crippen LogP contribution in [0.15, 0.2) is 24.3 Å². The molecule has 0 aliphatic carbocycles. The van der Waals surface area contributed by atoms with E-state index in [1.165, 1.54) is 12.1 Å². The van der Waals surface area contributed by atoms with Gasteiger partial charge in [-0.05, 0) is 30.7 Å². The fourth-order valence-corrected chi connectivity index (χ4v) is 1.97. The van der Waals surface area contributed by atoms with Crippen molar-refractivity contribution in [3.05, 3.63) is 29.8 Å². The molecule has 2 atom stereocenters. The van der Waals surface area contributed by atoms with Crippen LogP contribution in [-0.4, -0.2) is 46.6 Å². The molecular weight excluding hydrogens is 222 g/mol. The van der Waals surface area contributed by atoms with Crippen molar-refractivity contribution in [3.8, 4) is 0 Å². The predicted octanol–water partition coefficient (Wildman–Crippen LogP) is 0.317. The Morgan fingerprint density at radius 3 is 2.35 bits per heavy atom. The van der Waals surface area contributed by atoms with Gasteiger partial charge in [0, 0.05) is 18.8 Å². The smallest absolute Gasteiger partial charge is 0.335 e.